The van der Waals surface area contributed by atoms with Gasteiger partial charge in [-0.2, -0.15) is 0 Å². The summed E-state index contributed by atoms with van der Waals surface area (Å²) in [6, 6.07) is 14.8. The van der Waals surface area contributed by atoms with Gasteiger partial charge in [-0.05, 0) is 48.5 Å². The smallest absolute Gasteiger partial charge is 0.255 e. The number of carbonyl (C=O) groups is 1. The van der Waals surface area contributed by atoms with Crippen LogP contribution in [0.4, 0.5) is 5.69 Å². The van der Waals surface area contributed by atoms with E-state index in [1.54, 1.807) is 13.2 Å². The summed E-state index contributed by atoms with van der Waals surface area (Å²) in [6.07, 6.45) is 1.86. The summed E-state index contributed by atoms with van der Waals surface area (Å²) in [5, 5.41) is 3.88. The van der Waals surface area contributed by atoms with Crippen LogP contribution in [0.15, 0.2) is 54.7 Å². The lowest BCUT2D eigenvalue weighted by Crippen LogP contribution is -2.11. The van der Waals surface area contributed by atoms with Crippen LogP contribution in [0.25, 0.3) is 10.9 Å². The Morgan fingerprint density at radius 2 is 1.90 bits per heavy atom. The largest absolute Gasteiger partial charge is 0.497 e. The van der Waals surface area contributed by atoms with Crippen LogP contribution < -0.4 is 10.1 Å². The molecule has 0 aliphatic carbocycles. The molecular weight excluding hydrogens is 252 g/mol. The van der Waals surface area contributed by atoms with Crippen molar-refractivity contribution in [1.29, 1.82) is 0 Å². The highest BCUT2D eigenvalue weighted by Crippen LogP contribution is 2.18. The first-order valence-electron chi connectivity index (χ1n) is 6.29. The van der Waals surface area contributed by atoms with Crippen LogP contribution in [0.1, 0.15) is 10.4 Å². The zero-order chi connectivity index (χ0) is 13.9. The quantitative estimate of drug-likeness (QED) is 0.763. The number of nitrogens with one attached hydrogen (secondary N) is 2. The Morgan fingerprint density at radius 1 is 1.10 bits per heavy atom. The maximum Gasteiger partial charge on any atom is 0.255 e. The van der Waals surface area contributed by atoms with Crippen molar-refractivity contribution >= 4 is 22.5 Å². The van der Waals surface area contributed by atoms with Gasteiger partial charge in [-0.3, -0.25) is 4.79 Å². The highest BCUT2D eigenvalue weighted by Gasteiger charge is 2.07. The van der Waals surface area contributed by atoms with E-state index in [0.717, 1.165) is 22.3 Å². The lowest BCUT2D eigenvalue weighted by molar-refractivity contribution is 0.102. The van der Waals surface area contributed by atoms with Crippen molar-refractivity contribution in [2.75, 3.05) is 12.4 Å². The maximum atomic E-state index is 12.2. The Morgan fingerprint density at radius 3 is 2.65 bits per heavy atom. The number of hydrogen-bond donors (Lipinski definition) is 2. The van der Waals surface area contributed by atoms with E-state index in [9.17, 15) is 4.79 Å². The van der Waals surface area contributed by atoms with Crippen molar-refractivity contribution < 1.29 is 9.53 Å². The molecule has 0 unspecified atom stereocenters. The SMILES string of the molecule is COc1ccc(NC(=O)c2ccc3[nH]ccc3c2)cc1. The average Bonchev–Trinajstić information content (AvgIpc) is 2.95. The molecule has 0 saturated carbocycles. The van der Waals surface area contributed by atoms with E-state index < -0.39 is 0 Å². The van der Waals surface area contributed by atoms with E-state index >= 15 is 0 Å². The molecule has 0 spiro atoms. The van der Waals surface area contributed by atoms with Gasteiger partial charge < -0.3 is 15.0 Å². The van der Waals surface area contributed by atoms with Gasteiger partial charge in [-0.15, -0.1) is 0 Å². The van der Waals surface area contributed by atoms with Gasteiger partial charge in [0.15, 0.2) is 0 Å². The monoisotopic (exact) mass is 266 g/mol. The van der Waals surface area contributed by atoms with E-state index in [4.69, 9.17) is 4.74 Å². The molecule has 0 saturated heterocycles. The summed E-state index contributed by atoms with van der Waals surface area (Å²) in [7, 11) is 1.61. The van der Waals surface area contributed by atoms with Crippen LogP contribution in [0.5, 0.6) is 5.75 Å². The molecule has 1 amide bonds. The third-order valence-corrected chi connectivity index (χ3v) is 3.16. The van der Waals surface area contributed by atoms with Crippen molar-refractivity contribution in [3.63, 3.8) is 0 Å². The Hall–Kier alpha value is -2.75. The molecule has 0 aliphatic heterocycles. The lowest BCUT2D eigenvalue weighted by atomic mass is 10.1. The van der Waals surface area contributed by atoms with Gasteiger partial charge in [0.25, 0.3) is 5.91 Å². The zero-order valence-electron chi connectivity index (χ0n) is 11.0. The van der Waals surface area contributed by atoms with E-state index in [1.807, 2.05) is 48.7 Å². The maximum absolute atomic E-state index is 12.2. The second-order valence-corrected chi connectivity index (χ2v) is 4.46. The van der Waals surface area contributed by atoms with Gasteiger partial charge in [0.05, 0.1) is 7.11 Å². The van der Waals surface area contributed by atoms with Crippen LogP contribution in [0.3, 0.4) is 0 Å². The van der Waals surface area contributed by atoms with E-state index in [1.165, 1.54) is 0 Å². The number of benzene rings is 2. The third kappa shape index (κ3) is 2.36. The first-order valence-corrected chi connectivity index (χ1v) is 6.29. The predicted molar refractivity (Wildman–Crippen MR) is 79.2 cm³/mol. The summed E-state index contributed by atoms with van der Waals surface area (Å²) in [6.45, 7) is 0. The fraction of sp³-hybridized carbons (Fsp3) is 0.0625. The van der Waals surface area contributed by atoms with Gasteiger partial charge in [0, 0.05) is 28.4 Å². The number of H-pyrrole nitrogens is 1. The summed E-state index contributed by atoms with van der Waals surface area (Å²) in [5.74, 6) is 0.634. The summed E-state index contributed by atoms with van der Waals surface area (Å²) in [5.41, 5.74) is 2.39. The first-order chi connectivity index (χ1) is 9.76. The van der Waals surface area contributed by atoms with Gasteiger partial charge in [-0.25, -0.2) is 0 Å². The third-order valence-electron chi connectivity index (χ3n) is 3.16. The second-order valence-electron chi connectivity index (χ2n) is 4.46. The highest BCUT2D eigenvalue weighted by atomic mass is 16.5. The summed E-state index contributed by atoms with van der Waals surface area (Å²) in [4.78, 5) is 15.3. The number of ether oxygens (including phenoxy) is 1. The van der Waals surface area contributed by atoms with Crippen LogP contribution in [0.2, 0.25) is 0 Å². The van der Waals surface area contributed by atoms with Crippen LogP contribution >= 0.6 is 0 Å². The van der Waals surface area contributed by atoms with Gasteiger partial charge in [0.1, 0.15) is 5.75 Å². The standard InChI is InChI=1S/C16H14N2O2/c1-20-14-5-3-13(4-6-14)18-16(19)12-2-7-15-11(10-12)8-9-17-15/h2-10,17H,1H3,(H,18,19). The molecule has 1 aromatic heterocycles. The number of hydrogen-bond acceptors (Lipinski definition) is 2. The number of rotatable bonds is 3. The lowest BCUT2D eigenvalue weighted by Gasteiger charge is -2.06. The summed E-state index contributed by atoms with van der Waals surface area (Å²) < 4.78 is 5.08. The van der Waals surface area contributed by atoms with Crippen molar-refractivity contribution in [2.24, 2.45) is 0 Å². The minimum atomic E-state index is -0.127. The molecule has 20 heavy (non-hydrogen) atoms. The molecular formula is C16H14N2O2. The van der Waals surface area contributed by atoms with Crippen molar-refractivity contribution in [3.8, 4) is 5.75 Å². The Labute approximate surface area is 116 Å². The molecule has 0 fully saturated rings. The van der Waals surface area contributed by atoms with Crippen LogP contribution in [-0.2, 0) is 0 Å². The molecule has 100 valence electrons. The Kier molecular flexibility index (Phi) is 3.13. The molecule has 0 atom stereocenters. The molecule has 3 rings (SSSR count). The van der Waals surface area contributed by atoms with E-state index in [-0.39, 0.29) is 5.91 Å². The predicted octanol–water partition coefficient (Wildman–Crippen LogP) is 3.43. The molecule has 1 heterocycles. The number of methoxy groups -OCH3 is 1. The Balaban J connectivity index is 1.80. The zero-order valence-corrected chi connectivity index (χ0v) is 11.0. The fourth-order valence-electron chi connectivity index (χ4n) is 2.07. The number of fused-ring (bicyclic) bond motifs is 1. The fourth-order valence-corrected chi connectivity index (χ4v) is 2.07. The molecule has 0 radical (unpaired) electrons. The Bertz CT molecular complexity index is 745. The first kappa shape index (κ1) is 12.3. The number of aromatic nitrogens is 1. The van der Waals surface area contributed by atoms with Crippen molar-refractivity contribution in [2.45, 2.75) is 0 Å². The van der Waals surface area contributed by atoms with Gasteiger partial charge in [-0.1, -0.05) is 0 Å². The molecule has 4 heteroatoms. The van der Waals surface area contributed by atoms with Crippen LogP contribution in [-0.4, -0.2) is 18.0 Å². The topological polar surface area (TPSA) is 54.1 Å². The molecule has 2 N–H and O–H groups in total. The van der Waals surface area contributed by atoms with E-state index in [0.29, 0.717) is 5.56 Å². The van der Waals surface area contributed by atoms with Gasteiger partial charge in [0.2, 0.25) is 0 Å². The average molecular weight is 266 g/mol. The minimum Gasteiger partial charge on any atom is -0.497 e. The molecule has 3 aromatic rings. The number of amides is 1. The number of aromatic amines is 1. The molecule has 0 aliphatic rings. The van der Waals surface area contributed by atoms with Gasteiger partial charge >= 0.3 is 0 Å². The van der Waals surface area contributed by atoms with Crippen LogP contribution in [0, 0.1) is 0 Å². The van der Waals surface area contributed by atoms with Crippen molar-refractivity contribution in [3.05, 3.63) is 60.3 Å². The van der Waals surface area contributed by atoms with Crippen molar-refractivity contribution in [1.82, 2.24) is 4.98 Å². The summed E-state index contributed by atoms with van der Waals surface area (Å²) >= 11 is 0. The molecule has 4 nitrogen and oxygen atoms in total. The molecule has 2 aromatic carbocycles. The van der Waals surface area contributed by atoms with E-state index in [2.05, 4.69) is 10.3 Å². The number of carbonyl (C=O) groups excluding carboxylic acids is 1. The molecule has 0 bridgehead atoms. The second kappa shape index (κ2) is 5.09. The minimum absolute atomic E-state index is 0.127. The normalized spacial score (nSPS) is 10.4. The number of anilines is 1. The highest BCUT2D eigenvalue weighted by molar-refractivity contribution is 6.06.